The van der Waals surface area contributed by atoms with Crippen LogP contribution in [0.25, 0.3) is 0 Å². The van der Waals surface area contributed by atoms with Crippen LogP contribution in [-0.4, -0.2) is 43.8 Å². The highest BCUT2D eigenvalue weighted by Crippen LogP contribution is 2.42. The molecular formula is C20H24N2O2S. The summed E-state index contributed by atoms with van der Waals surface area (Å²) in [6, 6.07) is 17.6. The Morgan fingerprint density at radius 2 is 1.64 bits per heavy atom. The fourth-order valence-electron chi connectivity index (χ4n) is 3.99. The van der Waals surface area contributed by atoms with Gasteiger partial charge in [0.15, 0.2) is 0 Å². The lowest BCUT2D eigenvalue weighted by atomic mass is 9.81. The summed E-state index contributed by atoms with van der Waals surface area (Å²) in [7, 11) is -3.34. The SMILES string of the molecule is Cc1ccc(S(=O)(=O)N2CC3(CCN(Cc4ccccc4)C3)C2)cc1. The molecule has 2 aliphatic rings. The van der Waals surface area contributed by atoms with E-state index in [1.165, 1.54) is 5.56 Å². The third-order valence-electron chi connectivity index (χ3n) is 5.45. The van der Waals surface area contributed by atoms with Gasteiger partial charge in [0, 0.05) is 31.6 Å². The first-order valence-corrected chi connectivity index (χ1v) is 10.2. The zero-order valence-electron chi connectivity index (χ0n) is 14.6. The zero-order chi connectivity index (χ0) is 17.5. The molecule has 0 aliphatic carbocycles. The molecule has 5 heteroatoms. The highest BCUT2D eigenvalue weighted by Gasteiger charge is 2.51. The van der Waals surface area contributed by atoms with Crippen molar-refractivity contribution in [2.24, 2.45) is 5.41 Å². The molecule has 4 nitrogen and oxygen atoms in total. The Balaban J connectivity index is 1.39. The van der Waals surface area contributed by atoms with Gasteiger partial charge in [-0.15, -0.1) is 0 Å². The molecule has 2 aliphatic heterocycles. The lowest BCUT2D eigenvalue weighted by Crippen LogP contribution is -2.59. The van der Waals surface area contributed by atoms with Gasteiger partial charge in [-0.1, -0.05) is 48.0 Å². The van der Waals surface area contributed by atoms with E-state index in [4.69, 9.17) is 0 Å². The first kappa shape index (κ1) is 16.8. The molecule has 0 amide bonds. The number of hydrogen-bond donors (Lipinski definition) is 0. The smallest absolute Gasteiger partial charge is 0.243 e. The normalized spacial score (nSPS) is 20.7. The molecule has 0 unspecified atom stereocenters. The molecule has 2 aromatic carbocycles. The molecule has 25 heavy (non-hydrogen) atoms. The Labute approximate surface area is 150 Å². The Morgan fingerprint density at radius 3 is 2.32 bits per heavy atom. The van der Waals surface area contributed by atoms with Crippen molar-refractivity contribution in [2.75, 3.05) is 26.2 Å². The van der Waals surface area contributed by atoms with Gasteiger partial charge < -0.3 is 0 Å². The molecule has 4 rings (SSSR count). The number of likely N-dealkylation sites (tertiary alicyclic amines) is 1. The van der Waals surface area contributed by atoms with Gasteiger partial charge in [0.25, 0.3) is 0 Å². The van der Waals surface area contributed by atoms with Crippen molar-refractivity contribution in [2.45, 2.75) is 24.8 Å². The van der Waals surface area contributed by atoms with Gasteiger partial charge in [-0.25, -0.2) is 8.42 Å². The topological polar surface area (TPSA) is 40.6 Å². The van der Waals surface area contributed by atoms with Crippen LogP contribution in [0.15, 0.2) is 59.5 Å². The largest absolute Gasteiger partial charge is 0.298 e. The van der Waals surface area contributed by atoms with Crippen LogP contribution in [0.4, 0.5) is 0 Å². The quantitative estimate of drug-likeness (QED) is 0.846. The second-order valence-electron chi connectivity index (χ2n) is 7.53. The number of sulfonamides is 1. The van der Waals surface area contributed by atoms with E-state index < -0.39 is 10.0 Å². The maximum Gasteiger partial charge on any atom is 0.243 e. The molecule has 1 spiro atoms. The summed E-state index contributed by atoms with van der Waals surface area (Å²) in [5.74, 6) is 0. The second kappa shape index (κ2) is 6.24. The van der Waals surface area contributed by atoms with Gasteiger partial charge in [0.05, 0.1) is 4.90 Å². The average Bonchev–Trinajstić information content (AvgIpc) is 2.99. The molecule has 0 bridgehead atoms. The summed E-state index contributed by atoms with van der Waals surface area (Å²) in [4.78, 5) is 2.86. The highest BCUT2D eigenvalue weighted by atomic mass is 32.2. The van der Waals surface area contributed by atoms with Crippen LogP contribution >= 0.6 is 0 Å². The fourth-order valence-corrected chi connectivity index (χ4v) is 5.66. The Bertz CT molecular complexity index is 841. The Hall–Kier alpha value is -1.69. The first-order valence-electron chi connectivity index (χ1n) is 8.80. The summed E-state index contributed by atoms with van der Waals surface area (Å²) in [5.41, 5.74) is 2.54. The number of hydrogen-bond acceptors (Lipinski definition) is 3. The van der Waals surface area contributed by atoms with Crippen LogP contribution in [0, 0.1) is 12.3 Å². The van der Waals surface area contributed by atoms with Crippen molar-refractivity contribution in [3.05, 3.63) is 65.7 Å². The van der Waals surface area contributed by atoms with Crippen molar-refractivity contribution in [1.29, 1.82) is 0 Å². The minimum absolute atomic E-state index is 0.145. The lowest BCUT2D eigenvalue weighted by molar-refractivity contribution is 0.0770. The lowest BCUT2D eigenvalue weighted by Gasteiger charge is -2.47. The van der Waals surface area contributed by atoms with E-state index in [-0.39, 0.29) is 5.41 Å². The molecule has 2 saturated heterocycles. The fraction of sp³-hybridized carbons (Fsp3) is 0.400. The van der Waals surface area contributed by atoms with Crippen LogP contribution in [0.3, 0.4) is 0 Å². The summed E-state index contributed by atoms with van der Waals surface area (Å²) in [6.45, 7) is 6.25. The summed E-state index contributed by atoms with van der Waals surface area (Å²) in [6.07, 6.45) is 1.08. The summed E-state index contributed by atoms with van der Waals surface area (Å²) in [5, 5.41) is 0. The summed E-state index contributed by atoms with van der Waals surface area (Å²) < 4.78 is 27.1. The van der Waals surface area contributed by atoms with Crippen LogP contribution in [-0.2, 0) is 16.6 Å². The van der Waals surface area contributed by atoms with E-state index in [1.807, 2.05) is 25.1 Å². The minimum atomic E-state index is -3.34. The first-order chi connectivity index (χ1) is 12.0. The molecule has 0 radical (unpaired) electrons. The van der Waals surface area contributed by atoms with Crippen LogP contribution < -0.4 is 0 Å². The predicted molar refractivity (Wildman–Crippen MR) is 98.7 cm³/mol. The second-order valence-corrected chi connectivity index (χ2v) is 9.47. The van der Waals surface area contributed by atoms with Gasteiger partial charge >= 0.3 is 0 Å². The standard InChI is InChI=1S/C20H24N2O2S/c1-17-7-9-19(10-8-17)25(23,24)22-15-20(16-22)11-12-21(14-20)13-18-5-3-2-4-6-18/h2-10H,11-16H2,1H3. The van der Waals surface area contributed by atoms with Crippen LogP contribution in [0.5, 0.6) is 0 Å². The Kier molecular flexibility index (Phi) is 4.18. The number of aryl methyl sites for hydroxylation is 1. The Morgan fingerprint density at radius 1 is 0.960 bits per heavy atom. The number of benzene rings is 2. The molecule has 0 atom stereocenters. The maximum absolute atomic E-state index is 12.8. The van der Waals surface area contributed by atoms with Crippen molar-refractivity contribution < 1.29 is 8.42 Å². The van der Waals surface area contributed by atoms with Gasteiger partial charge in [0.1, 0.15) is 0 Å². The van der Waals surface area contributed by atoms with E-state index in [1.54, 1.807) is 16.4 Å². The average molecular weight is 356 g/mol. The summed E-state index contributed by atoms with van der Waals surface area (Å²) >= 11 is 0. The molecular weight excluding hydrogens is 332 g/mol. The van der Waals surface area contributed by atoms with Gasteiger partial charge in [-0.3, -0.25) is 4.90 Å². The third kappa shape index (κ3) is 3.24. The van der Waals surface area contributed by atoms with Crippen LogP contribution in [0.2, 0.25) is 0 Å². The maximum atomic E-state index is 12.8. The van der Waals surface area contributed by atoms with E-state index in [0.717, 1.165) is 31.6 Å². The monoisotopic (exact) mass is 356 g/mol. The van der Waals surface area contributed by atoms with Crippen molar-refractivity contribution >= 4 is 10.0 Å². The molecule has 0 N–H and O–H groups in total. The molecule has 2 heterocycles. The van der Waals surface area contributed by atoms with Gasteiger partial charge in [-0.05, 0) is 37.6 Å². The molecule has 2 aromatic rings. The zero-order valence-corrected chi connectivity index (χ0v) is 15.4. The molecule has 2 fully saturated rings. The molecule has 132 valence electrons. The number of nitrogens with zero attached hydrogens (tertiary/aromatic N) is 2. The predicted octanol–water partition coefficient (Wildman–Crippen LogP) is 2.89. The highest BCUT2D eigenvalue weighted by molar-refractivity contribution is 7.89. The van der Waals surface area contributed by atoms with Crippen molar-refractivity contribution in [3.63, 3.8) is 0 Å². The molecule has 0 aromatic heterocycles. The molecule has 0 saturated carbocycles. The van der Waals surface area contributed by atoms with Gasteiger partial charge in [0.2, 0.25) is 10.0 Å². The van der Waals surface area contributed by atoms with E-state index in [9.17, 15) is 8.42 Å². The van der Waals surface area contributed by atoms with E-state index >= 15 is 0 Å². The van der Waals surface area contributed by atoms with E-state index in [2.05, 4.69) is 29.2 Å². The van der Waals surface area contributed by atoms with Crippen molar-refractivity contribution in [3.8, 4) is 0 Å². The van der Waals surface area contributed by atoms with Gasteiger partial charge in [-0.2, -0.15) is 4.31 Å². The minimum Gasteiger partial charge on any atom is -0.298 e. The van der Waals surface area contributed by atoms with Crippen LogP contribution in [0.1, 0.15) is 17.5 Å². The number of rotatable bonds is 4. The third-order valence-corrected chi connectivity index (χ3v) is 7.25. The van der Waals surface area contributed by atoms with E-state index in [0.29, 0.717) is 18.0 Å². The van der Waals surface area contributed by atoms with Crippen molar-refractivity contribution in [1.82, 2.24) is 9.21 Å².